The van der Waals surface area contributed by atoms with E-state index in [4.69, 9.17) is 4.74 Å². The quantitative estimate of drug-likeness (QED) is 0.909. The summed E-state index contributed by atoms with van der Waals surface area (Å²) in [5.74, 6) is 0.377. The minimum absolute atomic E-state index is 0.0305. The Morgan fingerprint density at radius 2 is 1.92 bits per heavy atom. The fraction of sp³-hybridized carbons (Fsp3) is 0.409. The summed E-state index contributed by atoms with van der Waals surface area (Å²) in [6.07, 6.45) is 0.223. The zero-order valence-electron chi connectivity index (χ0n) is 14.6. The summed E-state index contributed by atoms with van der Waals surface area (Å²) >= 11 is 0. The van der Waals surface area contributed by atoms with Gasteiger partial charge in [0.1, 0.15) is 0 Å². The second-order valence-corrected chi connectivity index (χ2v) is 8.26. The molecule has 2 saturated heterocycles. The number of aliphatic hydroxyl groups is 1. The molecule has 2 bridgehead atoms. The fourth-order valence-electron chi connectivity index (χ4n) is 6.31. The zero-order valence-corrected chi connectivity index (χ0v) is 14.6. The van der Waals surface area contributed by atoms with Crippen molar-refractivity contribution in [2.45, 2.75) is 31.3 Å². The maximum Gasteiger partial charge on any atom is 0.233 e. The number of amides is 1. The number of benzene rings is 2. The standard InChI is InChI=1S/C22H21NO3/c1-12-6-5-9-14(10-12)23-21(25)17-15-11-16-18(17)22(23,26-20(16)19(15)24)13-7-3-2-4-8-13/h2-10,15-20,24H,11H2,1H3. The monoisotopic (exact) mass is 347 g/mol. The van der Waals surface area contributed by atoms with Crippen molar-refractivity contribution in [1.29, 1.82) is 0 Å². The molecule has 7 unspecified atom stereocenters. The van der Waals surface area contributed by atoms with Gasteiger partial charge in [-0.05, 0) is 42.9 Å². The number of aliphatic hydroxyl groups excluding tert-OH is 1. The average molecular weight is 347 g/mol. The molecule has 2 heterocycles. The van der Waals surface area contributed by atoms with E-state index in [9.17, 15) is 9.90 Å². The van der Waals surface area contributed by atoms with Crippen LogP contribution in [0.15, 0.2) is 54.6 Å². The van der Waals surface area contributed by atoms with E-state index in [1.807, 2.05) is 48.2 Å². The van der Waals surface area contributed by atoms with Gasteiger partial charge in [-0.3, -0.25) is 9.69 Å². The van der Waals surface area contributed by atoms with Crippen LogP contribution >= 0.6 is 0 Å². The summed E-state index contributed by atoms with van der Waals surface area (Å²) in [4.78, 5) is 15.5. The van der Waals surface area contributed by atoms with Gasteiger partial charge in [-0.15, -0.1) is 0 Å². The summed E-state index contributed by atoms with van der Waals surface area (Å²) < 4.78 is 6.65. The van der Waals surface area contributed by atoms with Crippen LogP contribution in [-0.4, -0.2) is 23.2 Å². The highest BCUT2D eigenvalue weighted by Gasteiger charge is 2.79. The number of rotatable bonds is 2. The molecule has 6 rings (SSSR count). The minimum atomic E-state index is -0.793. The Bertz CT molecular complexity index is 913. The van der Waals surface area contributed by atoms with Crippen molar-refractivity contribution in [3.05, 3.63) is 65.7 Å². The van der Waals surface area contributed by atoms with E-state index < -0.39 is 11.8 Å². The maximum atomic E-state index is 13.6. The molecule has 26 heavy (non-hydrogen) atoms. The lowest BCUT2D eigenvalue weighted by atomic mass is 9.75. The second-order valence-electron chi connectivity index (χ2n) is 8.26. The third kappa shape index (κ3) is 1.52. The highest BCUT2D eigenvalue weighted by Crippen LogP contribution is 2.70. The molecule has 2 saturated carbocycles. The molecule has 2 aliphatic carbocycles. The molecule has 4 nitrogen and oxygen atoms in total. The van der Waals surface area contributed by atoms with Crippen LogP contribution in [0.5, 0.6) is 0 Å². The summed E-state index contributed by atoms with van der Waals surface area (Å²) in [5, 5.41) is 10.7. The van der Waals surface area contributed by atoms with E-state index in [0.29, 0.717) is 0 Å². The number of anilines is 1. The zero-order chi connectivity index (χ0) is 17.6. The van der Waals surface area contributed by atoms with Crippen LogP contribution in [0.3, 0.4) is 0 Å². The van der Waals surface area contributed by atoms with Crippen molar-refractivity contribution in [3.63, 3.8) is 0 Å². The highest BCUT2D eigenvalue weighted by molar-refractivity contribution is 6.00. The van der Waals surface area contributed by atoms with E-state index in [-0.39, 0.29) is 35.7 Å². The van der Waals surface area contributed by atoms with Crippen molar-refractivity contribution in [3.8, 4) is 0 Å². The minimum Gasteiger partial charge on any atom is -0.390 e. The molecule has 0 spiro atoms. The van der Waals surface area contributed by atoms with Gasteiger partial charge in [-0.1, -0.05) is 42.5 Å². The van der Waals surface area contributed by atoms with Gasteiger partial charge in [0, 0.05) is 17.2 Å². The number of carbonyl (C=O) groups excluding carboxylic acids is 1. The second kappa shape index (κ2) is 4.76. The third-order valence-corrected chi connectivity index (χ3v) is 7.10. The lowest BCUT2D eigenvalue weighted by Crippen LogP contribution is -2.49. The number of fused-ring (bicyclic) bond motifs is 2. The first-order valence-electron chi connectivity index (χ1n) is 9.45. The Morgan fingerprint density at radius 3 is 2.69 bits per heavy atom. The first kappa shape index (κ1) is 14.9. The van der Waals surface area contributed by atoms with E-state index in [0.717, 1.165) is 23.2 Å². The molecule has 7 atom stereocenters. The molecule has 1 amide bonds. The van der Waals surface area contributed by atoms with E-state index in [1.165, 1.54) is 0 Å². The molecule has 4 aliphatic rings. The molecule has 0 radical (unpaired) electrons. The first-order valence-corrected chi connectivity index (χ1v) is 9.45. The molecule has 0 aromatic heterocycles. The fourth-order valence-corrected chi connectivity index (χ4v) is 6.31. The third-order valence-electron chi connectivity index (χ3n) is 7.10. The number of hydrogen-bond acceptors (Lipinski definition) is 3. The maximum absolute atomic E-state index is 13.6. The number of aryl methyl sites for hydroxylation is 1. The summed E-state index contributed by atoms with van der Waals surface area (Å²) in [5.41, 5.74) is 2.24. The molecule has 132 valence electrons. The Labute approximate surface area is 152 Å². The van der Waals surface area contributed by atoms with Crippen LogP contribution in [0.2, 0.25) is 0 Å². The van der Waals surface area contributed by atoms with Gasteiger partial charge >= 0.3 is 0 Å². The van der Waals surface area contributed by atoms with Crippen LogP contribution < -0.4 is 4.90 Å². The predicted molar refractivity (Wildman–Crippen MR) is 96.2 cm³/mol. The SMILES string of the molecule is Cc1cccc(N2C(=O)C3C4CC5C(OC2(c2ccccc2)C53)C4O)c1. The Morgan fingerprint density at radius 1 is 1.12 bits per heavy atom. The van der Waals surface area contributed by atoms with Gasteiger partial charge in [0.05, 0.1) is 18.1 Å². The summed E-state index contributed by atoms with van der Waals surface area (Å²) in [6, 6.07) is 18.2. The Kier molecular flexibility index (Phi) is 2.73. The molecule has 1 N–H and O–H groups in total. The van der Waals surface area contributed by atoms with Gasteiger partial charge in [-0.2, -0.15) is 0 Å². The summed E-state index contributed by atoms with van der Waals surface area (Å²) in [7, 11) is 0. The van der Waals surface area contributed by atoms with Crippen molar-refractivity contribution >= 4 is 11.6 Å². The first-order chi connectivity index (χ1) is 12.6. The molecule has 4 fully saturated rings. The van der Waals surface area contributed by atoms with Gasteiger partial charge < -0.3 is 9.84 Å². The Balaban J connectivity index is 1.61. The number of nitrogens with zero attached hydrogens (tertiary/aromatic N) is 1. The van der Waals surface area contributed by atoms with Gasteiger partial charge in [-0.25, -0.2) is 0 Å². The molecule has 2 aromatic carbocycles. The molecule has 4 heteroatoms. The van der Waals surface area contributed by atoms with E-state index in [1.54, 1.807) is 0 Å². The van der Waals surface area contributed by atoms with Gasteiger partial charge in [0.15, 0.2) is 5.72 Å². The van der Waals surface area contributed by atoms with Crippen LogP contribution in [0.25, 0.3) is 0 Å². The van der Waals surface area contributed by atoms with Crippen LogP contribution in [0.4, 0.5) is 5.69 Å². The molecular formula is C22H21NO3. The lowest BCUT2D eigenvalue weighted by Gasteiger charge is -2.39. The van der Waals surface area contributed by atoms with Crippen molar-refractivity contribution in [2.75, 3.05) is 4.90 Å². The van der Waals surface area contributed by atoms with E-state index >= 15 is 0 Å². The normalized spacial score (nSPS) is 42.1. The Hall–Kier alpha value is -2.17. The smallest absolute Gasteiger partial charge is 0.233 e. The molecule has 2 aromatic rings. The molecule has 2 aliphatic heterocycles. The van der Waals surface area contributed by atoms with Crippen LogP contribution in [-0.2, 0) is 15.3 Å². The van der Waals surface area contributed by atoms with Gasteiger partial charge in [0.2, 0.25) is 5.91 Å². The predicted octanol–water partition coefficient (Wildman–Crippen LogP) is 2.84. The molecular weight excluding hydrogens is 326 g/mol. The topological polar surface area (TPSA) is 49.8 Å². The van der Waals surface area contributed by atoms with Crippen molar-refractivity contribution in [2.24, 2.45) is 23.7 Å². The van der Waals surface area contributed by atoms with Crippen molar-refractivity contribution in [1.82, 2.24) is 0 Å². The number of carbonyl (C=O) groups is 1. The van der Waals surface area contributed by atoms with Crippen molar-refractivity contribution < 1.29 is 14.6 Å². The van der Waals surface area contributed by atoms with Crippen LogP contribution in [0, 0.1) is 30.6 Å². The number of hydrogen-bond donors (Lipinski definition) is 1. The van der Waals surface area contributed by atoms with Crippen LogP contribution in [0.1, 0.15) is 17.5 Å². The summed E-state index contributed by atoms with van der Waals surface area (Å²) in [6.45, 7) is 2.04. The van der Waals surface area contributed by atoms with E-state index in [2.05, 4.69) is 18.2 Å². The largest absolute Gasteiger partial charge is 0.390 e. The van der Waals surface area contributed by atoms with Gasteiger partial charge in [0.25, 0.3) is 0 Å². The average Bonchev–Trinajstić information content (AvgIpc) is 3.31. The number of ether oxygens (including phenoxy) is 1. The lowest BCUT2D eigenvalue weighted by molar-refractivity contribution is -0.133. The highest BCUT2D eigenvalue weighted by atomic mass is 16.6.